The molecule has 1 heterocycles. The van der Waals surface area contributed by atoms with Crippen LogP contribution < -0.4 is 5.32 Å². The van der Waals surface area contributed by atoms with Gasteiger partial charge in [-0.05, 0) is 37.1 Å². The third-order valence-electron chi connectivity index (χ3n) is 2.85. The molecule has 3 heteroatoms. The number of halogens is 2. The third kappa shape index (κ3) is 1.71. The van der Waals surface area contributed by atoms with Gasteiger partial charge in [0, 0.05) is 16.9 Å². The van der Waals surface area contributed by atoms with Crippen LogP contribution in [0.15, 0.2) is 16.6 Å². The Labute approximate surface area is 91.8 Å². The Bertz CT molecular complexity index is 345. The summed E-state index contributed by atoms with van der Waals surface area (Å²) in [5, 5.41) is 3.25. The summed E-state index contributed by atoms with van der Waals surface area (Å²) >= 11 is 3.33. The summed E-state index contributed by atoms with van der Waals surface area (Å²) in [6, 6.07) is 3.83. The summed E-state index contributed by atoms with van der Waals surface area (Å²) in [5.41, 5.74) is 1.57. The van der Waals surface area contributed by atoms with Crippen molar-refractivity contribution in [2.75, 3.05) is 13.1 Å². The SMILES string of the molecule is Cc1c(Br)ccc(C2CCNC2)c1F. The zero-order valence-corrected chi connectivity index (χ0v) is 9.70. The van der Waals surface area contributed by atoms with E-state index in [0.29, 0.717) is 5.92 Å². The van der Waals surface area contributed by atoms with Gasteiger partial charge in [0.1, 0.15) is 5.82 Å². The van der Waals surface area contributed by atoms with Crippen LogP contribution in [0.4, 0.5) is 4.39 Å². The molecule has 1 aromatic rings. The van der Waals surface area contributed by atoms with Crippen molar-refractivity contribution in [2.24, 2.45) is 0 Å². The molecule has 0 amide bonds. The molecule has 0 aromatic heterocycles. The molecule has 1 N–H and O–H groups in total. The van der Waals surface area contributed by atoms with E-state index in [1.165, 1.54) is 0 Å². The van der Waals surface area contributed by atoms with E-state index in [2.05, 4.69) is 21.2 Å². The van der Waals surface area contributed by atoms with Gasteiger partial charge in [-0.15, -0.1) is 0 Å². The van der Waals surface area contributed by atoms with E-state index in [-0.39, 0.29) is 5.82 Å². The molecule has 1 aromatic carbocycles. The number of nitrogens with one attached hydrogen (secondary N) is 1. The standard InChI is InChI=1S/C11H13BrFN/c1-7-10(12)3-2-9(11(7)13)8-4-5-14-6-8/h2-3,8,14H,4-6H2,1H3. The van der Waals surface area contributed by atoms with Crippen molar-refractivity contribution in [3.8, 4) is 0 Å². The molecular weight excluding hydrogens is 245 g/mol. The largest absolute Gasteiger partial charge is 0.316 e. The highest BCUT2D eigenvalue weighted by molar-refractivity contribution is 9.10. The molecule has 1 saturated heterocycles. The molecule has 2 rings (SSSR count). The lowest BCUT2D eigenvalue weighted by Gasteiger charge is -2.12. The minimum absolute atomic E-state index is 0.0481. The van der Waals surface area contributed by atoms with Crippen LogP contribution in [0.3, 0.4) is 0 Å². The Morgan fingerprint density at radius 1 is 1.50 bits per heavy atom. The predicted octanol–water partition coefficient (Wildman–Crippen LogP) is 2.97. The topological polar surface area (TPSA) is 12.0 Å². The first-order chi connectivity index (χ1) is 6.70. The maximum atomic E-state index is 13.9. The van der Waals surface area contributed by atoms with Gasteiger partial charge in [0.05, 0.1) is 0 Å². The Kier molecular flexibility index (Phi) is 2.88. The number of hydrogen-bond acceptors (Lipinski definition) is 1. The van der Waals surface area contributed by atoms with Crippen molar-refractivity contribution < 1.29 is 4.39 Å². The molecule has 1 nitrogen and oxygen atoms in total. The summed E-state index contributed by atoms with van der Waals surface area (Å²) in [6.45, 7) is 3.71. The second-order valence-electron chi connectivity index (χ2n) is 3.77. The maximum Gasteiger partial charge on any atom is 0.130 e. The average molecular weight is 258 g/mol. The highest BCUT2D eigenvalue weighted by Gasteiger charge is 2.21. The van der Waals surface area contributed by atoms with Gasteiger partial charge < -0.3 is 5.32 Å². The van der Waals surface area contributed by atoms with E-state index in [4.69, 9.17) is 0 Å². The van der Waals surface area contributed by atoms with E-state index < -0.39 is 0 Å². The molecule has 0 aliphatic carbocycles. The zero-order chi connectivity index (χ0) is 10.1. The molecule has 0 bridgehead atoms. The zero-order valence-electron chi connectivity index (χ0n) is 8.11. The molecule has 1 unspecified atom stereocenters. The summed E-state index contributed by atoms with van der Waals surface area (Å²) in [7, 11) is 0. The second-order valence-corrected chi connectivity index (χ2v) is 4.62. The van der Waals surface area contributed by atoms with Gasteiger partial charge in [0.25, 0.3) is 0 Å². The Morgan fingerprint density at radius 2 is 2.29 bits per heavy atom. The molecule has 14 heavy (non-hydrogen) atoms. The lowest BCUT2D eigenvalue weighted by atomic mass is 9.96. The van der Waals surface area contributed by atoms with E-state index >= 15 is 0 Å². The molecule has 1 aliphatic rings. The summed E-state index contributed by atoms with van der Waals surface area (Å²) in [5.74, 6) is 0.301. The highest BCUT2D eigenvalue weighted by Crippen LogP contribution is 2.29. The van der Waals surface area contributed by atoms with E-state index in [1.54, 1.807) is 0 Å². The minimum atomic E-state index is -0.0481. The quantitative estimate of drug-likeness (QED) is 0.816. The van der Waals surface area contributed by atoms with Crippen LogP contribution in [0, 0.1) is 12.7 Å². The minimum Gasteiger partial charge on any atom is -0.316 e. The van der Waals surface area contributed by atoms with Crippen molar-refractivity contribution in [3.05, 3.63) is 33.5 Å². The van der Waals surface area contributed by atoms with E-state index in [1.807, 2.05) is 19.1 Å². The van der Waals surface area contributed by atoms with Crippen molar-refractivity contribution in [2.45, 2.75) is 19.3 Å². The average Bonchev–Trinajstić information content (AvgIpc) is 2.67. The summed E-state index contributed by atoms with van der Waals surface area (Å²) < 4.78 is 14.7. The molecular formula is C11H13BrFN. The lowest BCUT2D eigenvalue weighted by Crippen LogP contribution is -2.09. The van der Waals surface area contributed by atoms with Crippen LogP contribution in [0.25, 0.3) is 0 Å². The Balaban J connectivity index is 2.38. The first-order valence-corrected chi connectivity index (χ1v) is 5.64. The van der Waals surface area contributed by atoms with Gasteiger partial charge in [-0.3, -0.25) is 0 Å². The Hall–Kier alpha value is -0.410. The monoisotopic (exact) mass is 257 g/mol. The smallest absolute Gasteiger partial charge is 0.130 e. The first-order valence-electron chi connectivity index (χ1n) is 4.85. The van der Waals surface area contributed by atoms with Crippen LogP contribution >= 0.6 is 15.9 Å². The number of hydrogen-bond donors (Lipinski definition) is 1. The molecule has 1 fully saturated rings. The van der Waals surface area contributed by atoms with Crippen LogP contribution in [0.5, 0.6) is 0 Å². The fraction of sp³-hybridized carbons (Fsp3) is 0.455. The van der Waals surface area contributed by atoms with E-state index in [0.717, 1.165) is 35.1 Å². The summed E-state index contributed by atoms with van der Waals surface area (Å²) in [6.07, 6.45) is 1.04. The summed E-state index contributed by atoms with van der Waals surface area (Å²) in [4.78, 5) is 0. The number of benzene rings is 1. The van der Waals surface area contributed by atoms with Crippen LogP contribution in [0.1, 0.15) is 23.5 Å². The van der Waals surface area contributed by atoms with Crippen molar-refractivity contribution >= 4 is 15.9 Å². The van der Waals surface area contributed by atoms with Crippen LogP contribution in [0.2, 0.25) is 0 Å². The van der Waals surface area contributed by atoms with E-state index in [9.17, 15) is 4.39 Å². The van der Waals surface area contributed by atoms with Crippen LogP contribution in [-0.4, -0.2) is 13.1 Å². The van der Waals surface area contributed by atoms with Crippen molar-refractivity contribution in [1.29, 1.82) is 0 Å². The Morgan fingerprint density at radius 3 is 2.93 bits per heavy atom. The molecule has 1 aliphatic heterocycles. The highest BCUT2D eigenvalue weighted by atomic mass is 79.9. The third-order valence-corrected chi connectivity index (χ3v) is 3.71. The molecule has 0 spiro atoms. The molecule has 0 radical (unpaired) electrons. The van der Waals surface area contributed by atoms with Gasteiger partial charge in [-0.25, -0.2) is 4.39 Å². The van der Waals surface area contributed by atoms with Crippen molar-refractivity contribution in [3.63, 3.8) is 0 Å². The second kappa shape index (κ2) is 3.99. The maximum absolute atomic E-state index is 13.9. The van der Waals surface area contributed by atoms with Crippen molar-refractivity contribution in [1.82, 2.24) is 5.32 Å². The van der Waals surface area contributed by atoms with Gasteiger partial charge in [0.2, 0.25) is 0 Å². The lowest BCUT2D eigenvalue weighted by molar-refractivity contribution is 0.579. The fourth-order valence-corrected chi connectivity index (χ4v) is 2.22. The predicted molar refractivity (Wildman–Crippen MR) is 59.1 cm³/mol. The van der Waals surface area contributed by atoms with Gasteiger partial charge in [0.15, 0.2) is 0 Å². The molecule has 76 valence electrons. The van der Waals surface area contributed by atoms with Crippen LogP contribution in [-0.2, 0) is 0 Å². The van der Waals surface area contributed by atoms with Gasteiger partial charge in [-0.2, -0.15) is 0 Å². The fourth-order valence-electron chi connectivity index (χ4n) is 1.92. The molecule has 0 saturated carbocycles. The normalized spacial score (nSPS) is 21.5. The number of rotatable bonds is 1. The van der Waals surface area contributed by atoms with Gasteiger partial charge in [-0.1, -0.05) is 22.0 Å². The first kappa shape index (κ1) is 10.1. The molecule has 1 atom stereocenters. The van der Waals surface area contributed by atoms with Gasteiger partial charge >= 0.3 is 0 Å².